The molecule has 206 valence electrons. The molecule has 2 aromatic carbocycles. The average Bonchev–Trinajstić information content (AvgIpc) is 3.35. The molecule has 0 aliphatic heterocycles. The van der Waals surface area contributed by atoms with E-state index in [1.54, 1.807) is 16.7 Å². The van der Waals surface area contributed by atoms with E-state index in [-0.39, 0.29) is 0 Å². The molecule has 1 heterocycles. The van der Waals surface area contributed by atoms with Crippen LogP contribution < -0.4 is 0 Å². The highest BCUT2D eigenvalue weighted by atomic mass is 32.2. The molecule has 0 saturated heterocycles. The summed E-state index contributed by atoms with van der Waals surface area (Å²) in [6.45, 7) is 5.85. The molecule has 0 saturated carbocycles. The predicted octanol–water partition coefficient (Wildman–Crippen LogP) is 9.37. The van der Waals surface area contributed by atoms with Crippen molar-refractivity contribution in [1.82, 2.24) is 14.9 Å². The quantitative estimate of drug-likeness (QED) is 0.126. The maximum atomic E-state index is 11.7. The Morgan fingerprint density at radius 1 is 0.816 bits per heavy atom. The second-order valence-electron chi connectivity index (χ2n) is 10.5. The molecule has 0 unspecified atom stereocenters. The molecule has 0 aliphatic carbocycles. The van der Waals surface area contributed by atoms with Crippen LogP contribution >= 0.6 is 11.8 Å². The lowest BCUT2D eigenvalue weighted by Crippen LogP contribution is -2.31. The molecule has 3 rings (SSSR count). The topological polar surface area (TPSA) is 69.2 Å². The monoisotopic (exact) mass is 535 g/mol. The standard InChI is InChI=1S/C32H45N3O2S/c1-26(2)18-10-5-3-4-6-15-23-35(32(36)37)24-16-9-17-25-38-31-33-29(27-19-11-7-12-20-27)30(34-31)28-21-13-8-14-22-28/h7-8,11-14,19-22,26H,3-6,9-10,15-18,23-25H2,1-2H3,(H,33,34)(H,36,37). The molecule has 0 fully saturated rings. The van der Waals surface area contributed by atoms with Gasteiger partial charge in [0.05, 0.1) is 11.4 Å². The minimum Gasteiger partial charge on any atom is -0.465 e. The predicted molar refractivity (Wildman–Crippen MR) is 161 cm³/mol. The fourth-order valence-corrected chi connectivity index (χ4v) is 5.53. The summed E-state index contributed by atoms with van der Waals surface area (Å²) in [5.41, 5.74) is 4.26. The smallest absolute Gasteiger partial charge is 0.407 e. The van der Waals surface area contributed by atoms with Crippen molar-refractivity contribution in [2.24, 2.45) is 5.92 Å². The van der Waals surface area contributed by atoms with Crippen molar-refractivity contribution in [2.75, 3.05) is 18.8 Å². The second kappa shape index (κ2) is 17.0. The van der Waals surface area contributed by atoms with Crippen molar-refractivity contribution in [2.45, 2.75) is 83.2 Å². The molecular weight excluding hydrogens is 490 g/mol. The van der Waals surface area contributed by atoms with Gasteiger partial charge in [0.15, 0.2) is 5.16 Å². The van der Waals surface area contributed by atoms with E-state index < -0.39 is 6.09 Å². The first-order valence-corrected chi connectivity index (χ1v) is 15.3. The largest absolute Gasteiger partial charge is 0.465 e. The Balaban J connectivity index is 1.36. The number of nitrogens with one attached hydrogen (secondary N) is 1. The number of amides is 1. The number of nitrogens with zero attached hydrogens (tertiary/aromatic N) is 2. The highest BCUT2D eigenvalue weighted by molar-refractivity contribution is 7.99. The van der Waals surface area contributed by atoms with E-state index in [2.05, 4.69) is 43.1 Å². The number of aromatic nitrogens is 2. The van der Waals surface area contributed by atoms with E-state index in [4.69, 9.17) is 4.98 Å². The maximum absolute atomic E-state index is 11.7. The minimum atomic E-state index is -0.784. The molecule has 3 aromatic rings. The fourth-order valence-electron chi connectivity index (χ4n) is 4.65. The van der Waals surface area contributed by atoms with Crippen LogP contribution in [0.3, 0.4) is 0 Å². The molecule has 0 radical (unpaired) electrons. The third-order valence-electron chi connectivity index (χ3n) is 6.83. The molecule has 38 heavy (non-hydrogen) atoms. The Labute approximate surface area is 233 Å². The van der Waals surface area contributed by atoms with Gasteiger partial charge in [0, 0.05) is 30.0 Å². The highest BCUT2D eigenvalue weighted by Crippen LogP contribution is 2.32. The zero-order chi connectivity index (χ0) is 27.0. The third kappa shape index (κ3) is 10.6. The molecule has 0 bridgehead atoms. The van der Waals surface area contributed by atoms with E-state index in [0.717, 1.165) is 71.4 Å². The fraction of sp³-hybridized carbons (Fsp3) is 0.500. The summed E-state index contributed by atoms with van der Waals surface area (Å²) >= 11 is 1.74. The normalized spacial score (nSPS) is 11.2. The molecule has 2 N–H and O–H groups in total. The van der Waals surface area contributed by atoms with Gasteiger partial charge < -0.3 is 15.0 Å². The Morgan fingerprint density at radius 2 is 1.37 bits per heavy atom. The summed E-state index contributed by atoms with van der Waals surface area (Å²) in [4.78, 5) is 21.7. The SMILES string of the molecule is CC(C)CCCCCCCCN(CCCCCSc1nc(-c2ccccc2)c(-c2ccccc2)[nH]1)C(=O)O. The average molecular weight is 536 g/mol. The zero-order valence-corrected chi connectivity index (χ0v) is 24.0. The zero-order valence-electron chi connectivity index (χ0n) is 23.2. The summed E-state index contributed by atoms with van der Waals surface area (Å²) in [5.74, 6) is 1.75. The number of aromatic amines is 1. The summed E-state index contributed by atoms with van der Waals surface area (Å²) in [7, 11) is 0. The van der Waals surface area contributed by atoms with E-state index in [9.17, 15) is 9.90 Å². The van der Waals surface area contributed by atoms with E-state index in [1.165, 1.54) is 32.1 Å². The van der Waals surface area contributed by atoms with Crippen LogP contribution in [0.5, 0.6) is 0 Å². The second-order valence-corrected chi connectivity index (χ2v) is 11.6. The highest BCUT2D eigenvalue weighted by Gasteiger charge is 2.14. The Morgan fingerprint density at radius 3 is 1.97 bits per heavy atom. The Hall–Kier alpha value is -2.73. The van der Waals surface area contributed by atoms with Crippen LogP contribution in [0, 0.1) is 5.92 Å². The Kier molecular flexibility index (Phi) is 13.3. The van der Waals surface area contributed by atoms with Crippen LogP contribution in [0.2, 0.25) is 0 Å². The van der Waals surface area contributed by atoms with Gasteiger partial charge in [-0.1, -0.05) is 131 Å². The summed E-state index contributed by atoms with van der Waals surface area (Å²) in [5, 5.41) is 10.5. The molecular formula is C32H45N3O2S. The summed E-state index contributed by atoms with van der Waals surface area (Å²) in [6.07, 6.45) is 10.7. The van der Waals surface area contributed by atoms with Gasteiger partial charge >= 0.3 is 6.09 Å². The van der Waals surface area contributed by atoms with Crippen molar-refractivity contribution in [1.29, 1.82) is 0 Å². The number of hydrogen-bond donors (Lipinski definition) is 2. The Bertz CT molecular complexity index is 996. The van der Waals surface area contributed by atoms with Crippen molar-refractivity contribution in [3.05, 3.63) is 60.7 Å². The molecule has 1 amide bonds. The molecule has 6 heteroatoms. The van der Waals surface area contributed by atoms with Gasteiger partial charge in [-0.2, -0.15) is 0 Å². The van der Waals surface area contributed by atoms with E-state index in [0.29, 0.717) is 13.1 Å². The number of benzene rings is 2. The van der Waals surface area contributed by atoms with Gasteiger partial charge in [-0.25, -0.2) is 9.78 Å². The number of rotatable bonds is 18. The van der Waals surface area contributed by atoms with Gasteiger partial charge in [0.1, 0.15) is 0 Å². The van der Waals surface area contributed by atoms with Gasteiger partial charge in [0.2, 0.25) is 0 Å². The van der Waals surface area contributed by atoms with E-state index >= 15 is 0 Å². The van der Waals surface area contributed by atoms with Crippen molar-refractivity contribution < 1.29 is 9.90 Å². The lowest BCUT2D eigenvalue weighted by atomic mass is 10.0. The van der Waals surface area contributed by atoms with Gasteiger partial charge in [-0.15, -0.1) is 0 Å². The minimum absolute atomic E-state index is 0.630. The lowest BCUT2D eigenvalue weighted by molar-refractivity contribution is 0.143. The van der Waals surface area contributed by atoms with Crippen LogP contribution in [-0.4, -0.2) is 44.9 Å². The third-order valence-corrected chi connectivity index (χ3v) is 7.79. The number of H-pyrrole nitrogens is 1. The van der Waals surface area contributed by atoms with Crippen LogP contribution in [0.15, 0.2) is 65.8 Å². The molecule has 5 nitrogen and oxygen atoms in total. The number of unbranched alkanes of at least 4 members (excludes halogenated alkanes) is 7. The summed E-state index contributed by atoms with van der Waals surface area (Å²) in [6, 6.07) is 20.6. The molecule has 1 aromatic heterocycles. The maximum Gasteiger partial charge on any atom is 0.407 e. The number of carbonyl (C=O) groups is 1. The molecule has 0 atom stereocenters. The van der Waals surface area contributed by atoms with E-state index in [1.807, 2.05) is 36.4 Å². The number of hydrogen-bond acceptors (Lipinski definition) is 3. The molecule has 0 aliphatic rings. The first-order chi connectivity index (χ1) is 18.5. The lowest BCUT2D eigenvalue weighted by Gasteiger charge is -2.19. The number of thioether (sulfide) groups is 1. The van der Waals surface area contributed by atoms with Crippen LogP contribution in [-0.2, 0) is 0 Å². The number of carboxylic acid groups (broad SMARTS) is 1. The van der Waals surface area contributed by atoms with Crippen LogP contribution in [0.4, 0.5) is 4.79 Å². The first-order valence-electron chi connectivity index (χ1n) is 14.4. The van der Waals surface area contributed by atoms with Crippen molar-refractivity contribution in [3.63, 3.8) is 0 Å². The van der Waals surface area contributed by atoms with Crippen LogP contribution in [0.25, 0.3) is 22.5 Å². The van der Waals surface area contributed by atoms with Crippen molar-refractivity contribution >= 4 is 17.9 Å². The van der Waals surface area contributed by atoms with Gasteiger partial charge in [-0.3, -0.25) is 0 Å². The molecule has 0 spiro atoms. The van der Waals surface area contributed by atoms with Crippen molar-refractivity contribution in [3.8, 4) is 22.5 Å². The van der Waals surface area contributed by atoms with Crippen LogP contribution in [0.1, 0.15) is 78.1 Å². The van der Waals surface area contributed by atoms with Gasteiger partial charge in [0.25, 0.3) is 0 Å². The first kappa shape index (κ1) is 29.8. The summed E-state index contributed by atoms with van der Waals surface area (Å²) < 4.78 is 0. The van der Waals surface area contributed by atoms with Gasteiger partial charge in [-0.05, 0) is 25.2 Å². The number of imidazole rings is 1.